The SMILES string of the molecule is Cc1ccc(-c2ccc(N(c3ccc(-c4c(C)cc(C)cc4C)cc3)c3ccc(-c4cc(C)c(C)cc4C)c(C)c3)cc2C)cc1. The van der Waals surface area contributed by atoms with Gasteiger partial charge in [-0.1, -0.05) is 83.9 Å². The van der Waals surface area contributed by atoms with Crippen molar-refractivity contribution in [3.05, 3.63) is 159 Å². The molecule has 0 amide bonds. The molecule has 6 aromatic rings. The van der Waals surface area contributed by atoms with Crippen LogP contribution in [0.4, 0.5) is 17.1 Å². The maximum atomic E-state index is 2.40. The highest BCUT2D eigenvalue weighted by molar-refractivity contribution is 5.84. The van der Waals surface area contributed by atoms with Gasteiger partial charge in [-0.15, -0.1) is 0 Å². The molecule has 0 bridgehead atoms. The molecular formula is C45H45N. The lowest BCUT2D eigenvalue weighted by molar-refractivity contribution is 1.25. The molecule has 0 radical (unpaired) electrons. The Kier molecular flexibility index (Phi) is 8.45. The summed E-state index contributed by atoms with van der Waals surface area (Å²) in [7, 11) is 0. The molecule has 0 atom stereocenters. The Morgan fingerprint density at radius 3 is 1.35 bits per heavy atom. The van der Waals surface area contributed by atoms with Gasteiger partial charge in [0.25, 0.3) is 0 Å². The van der Waals surface area contributed by atoms with Crippen LogP contribution in [0.1, 0.15) is 50.1 Å². The second-order valence-electron chi connectivity index (χ2n) is 13.3. The second-order valence-corrected chi connectivity index (χ2v) is 13.3. The molecule has 0 aromatic heterocycles. The van der Waals surface area contributed by atoms with Crippen molar-refractivity contribution in [1.82, 2.24) is 0 Å². The fraction of sp³-hybridized carbons (Fsp3) is 0.200. The van der Waals surface area contributed by atoms with Crippen molar-refractivity contribution in [3.8, 4) is 33.4 Å². The van der Waals surface area contributed by atoms with E-state index < -0.39 is 0 Å². The molecule has 1 heteroatoms. The summed E-state index contributed by atoms with van der Waals surface area (Å²) in [6, 6.07) is 40.9. The monoisotopic (exact) mass is 599 g/mol. The fourth-order valence-electron chi connectivity index (χ4n) is 7.04. The van der Waals surface area contributed by atoms with Gasteiger partial charge in [0, 0.05) is 17.1 Å². The van der Waals surface area contributed by atoms with E-state index >= 15 is 0 Å². The van der Waals surface area contributed by atoms with Crippen molar-refractivity contribution in [2.75, 3.05) is 4.90 Å². The first-order chi connectivity index (χ1) is 22.0. The molecule has 0 N–H and O–H groups in total. The maximum absolute atomic E-state index is 2.40. The lowest BCUT2D eigenvalue weighted by atomic mass is 9.92. The summed E-state index contributed by atoms with van der Waals surface area (Å²) in [5.74, 6) is 0. The van der Waals surface area contributed by atoms with Crippen LogP contribution >= 0.6 is 0 Å². The number of rotatable bonds is 6. The Morgan fingerprint density at radius 2 is 0.783 bits per heavy atom. The molecule has 0 saturated heterocycles. The van der Waals surface area contributed by atoms with E-state index in [1.807, 2.05) is 0 Å². The van der Waals surface area contributed by atoms with E-state index in [1.54, 1.807) is 0 Å². The molecule has 0 saturated carbocycles. The zero-order chi connectivity index (χ0) is 32.7. The number of nitrogens with zero attached hydrogens (tertiary/aromatic N) is 1. The van der Waals surface area contributed by atoms with Crippen molar-refractivity contribution in [2.24, 2.45) is 0 Å². The molecule has 0 aliphatic carbocycles. The fourth-order valence-corrected chi connectivity index (χ4v) is 7.04. The van der Waals surface area contributed by atoms with Gasteiger partial charge in [0.1, 0.15) is 0 Å². The summed E-state index contributed by atoms with van der Waals surface area (Å²) in [6.07, 6.45) is 0. The van der Waals surface area contributed by atoms with Crippen LogP contribution in [0, 0.1) is 62.3 Å². The molecular weight excluding hydrogens is 555 g/mol. The number of anilines is 3. The van der Waals surface area contributed by atoms with E-state index in [0.29, 0.717) is 0 Å². The van der Waals surface area contributed by atoms with Crippen molar-refractivity contribution in [2.45, 2.75) is 62.3 Å². The summed E-state index contributed by atoms with van der Waals surface area (Å²) in [5.41, 5.74) is 22.9. The Bertz CT molecular complexity index is 2040. The standard InChI is InChI=1S/C45H45N/c1-28-10-12-37(13-11-28)42-20-18-40(25-33(42)6)46(39-16-14-38(15-17-39)45-35(8)22-29(2)23-36(45)9)41-19-21-43(34(7)26-41)44-27-31(4)30(3)24-32(44)5/h10-27H,1-9H3. The molecule has 1 nitrogen and oxygen atoms in total. The highest BCUT2D eigenvalue weighted by Gasteiger charge is 2.17. The van der Waals surface area contributed by atoms with Gasteiger partial charge in [-0.05, 0) is 171 Å². The Balaban J connectivity index is 1.46. The van der Waals surface area contributed by atoms with E-state index in [9.17, 15) is 0 Å². The normalized spacial score (nSPS) is 11.2. The third kappa shape index (κ3) is 6.03. The number of aryl methyl sites for hydroxylation is 9. The van der Waals surface area contributed by atoms with Crippen LogP contribution in [0.2, 0.25) is 0 Å². The van der Waals surface area contributed by atoms with Crippen LogP contribution in [0.5, 0.6) is 0 Å². The van der Waals surface area contributed by atoms with Crippen LogP contribution in [0.25, 0.3) is 33.4 Å². The van der Waals surface area contributed by atoms with E-state index in [1.165, 1.54) is 83.5 Å². The van der Waals surface area contributed by atoms with Crippen LogP contribution in [0.15, 0.2) is 109 Å². The van der Waals surface area contributed by atoms with Gasteiger partial charge in [0.15, 0.2) is 0 Å². The zero-order valence-corrected chi connectivity index (χ0v) is 28.8. The molecule has 0 aliphatic rings. The number of hydrogen-bond donors (Lipinski definition) is 0. The largest absolute Gasteiger partial charge is 0.310 e. The van der Waals surface area contributed by atoms with Crippen LogP contribution in [-0.2, 0) is 0 Å². The number of hydrogen-bond acceptors (Lipinski definition) is 1. The molecule has 0 heterocycles. The molecule has 46 heavy (non-hydrogen) atoms. The summed E-state index contributed by atoms with van der Waals surface area (Å²) < 4.78 is 0. The molecule has 6 aromatic carbocycles. The van der Waals surface area contributed by atoms with Gasteiger partial charge in [-0.2, -0.15) is 0 Å². The van der Waals surface area contributed by atoms with Gasteiger partial charge >= 0.3 is 0 Å². The van der Waals surface area contributed by atoms with E-state index in [0.717, 1.165) is 17.1 Å². The van der Waals surface area contributed by atoms with Crippen LogP contribution in [-0.4, -0.2) is 0 Å². The first kappa shape index (κ1) is 31.1. The Hall–Kier alpha value is -4.88. The average Bonchev–Trinajstić information content (AvgIpc) is 3.00. The minimum Gasteiger partial charge on any atom is -0.310 e. The predicted molar refractivity (Wildman–Crippen MR) is 200 cm³/mol. The third-order valence-electron chi connectivity index (χ3n) is 9.52. The van der Waals surface area contributed by atoms with E-state index in [-0.39, 0.29) is 0 Å². The summed E-state index contributed by atoms with van der Waals surface area (Å²) >= 11 is 0. The summed E-state index contributed by atoms with van der Waals surface area (Å²) in [5, 5.41) is 0. The molecule has 0 unspecified atom stereocenters. The quantitative estimate of drug-likeness (QED) is 0.184. The maximum Gasteiger partial charge on any atom is 0.0464 e. The van der Waals surface area contributed by atoms with Crippen molar-refractivity contribution in [1.29, 1.82) is 0 Å². The smallest absolute Gasteiger partial charge is 0.0464 e. The summed E-state index contributed by atoms with van der Waals surface area (Å²) in [6.45, 7) is 19.8. The van der Waals surface area contributed by atoms with Gasteiger partial charge in [-0.3, -0.25) is 0 Å². The third-order valence-corrected chi connectivity index (χ3v) is 9.52. The Morgan fingerprint density at radius 1 is 0.304 bits per heavy atom. The van der Waals surface area contributed by atoms with Crippen molar-refractivity contribution >= 4 is 17.1 Å². The minimum atomic E-state index is 1.14. The van der Waals surface area contributed by atoms with Gasteiger partial charge in [-0.25, -0.2) is 0 Å². The van der Waals surface area contributed by atoms with Crippen molar-refractivity contribution in [3.63, 3.8) is 0 Å². The molecule has 0 aliphatic heterocycles. The van der Waals surface area contributed by atoms with Crippen LogP contribution < -0.4 is 4.90 Å². The Labute approximate surface area is 276 Å². The van der Waals surface area contributed by atoms with Gasteiger partial charge in [0.05, 0.1) is 0 Å². The molecule has 0 spiro atoms. The minimum absolute atomic E-state index is 1.14. The van der Waals surface area contributed by atoms with Crippen LogP contribution in [0.3, 0.4) is 0 Å². The zero-order valence-electron chi connectivity index (χ0n) is 28.8. The predicted octanol–water partition coefficient (Wildman–Crippen LogP) is 12.9. The van der Waals surface area contributed by atoms with Gasteiger partial charge < -0.3 is 4.90 Å². The highest BCUT2D eigenvalue weighted by Crippen LogP contribution is 2.41. The molecule has 230 valence electrons. The summed E-state index contributed by atoms with van der Waals surface area (Å²) in [4.78, 5) is 2.40. The number of benzene rings is 6. The average molecular weight is 600 g/mol. The van der Waals surface area contributed by atoms with Crippen molar-refractivity contribution < 1.29 is 0 Å². The lowest BCUT2D eigenvalue weighted by Gasteiger charge is -2.28. The molecule has 0 fully saturated rings. The first-order valence-corrected chi connectivity index (χ1v) is 16.3. The molecule has 6 rings (SSSR count). The lowest BCUT2D eigenvalue weighted by Crippen LogP contribution is -2.11. The second kappa shape index (κ2) is 12.5. The van der Waals surface area contributed by atoms with E-state index in [4.69, 9.17) is 0 Å². The van der Waals surface area contributed by atoms with E-state index in [2.05, 4.69) is 176 Å². The highest BCUT2D eigenvalue weighted by atomic mass is 15.1. The first-order valence-electron chi connectivity index (χ1n) is 16.3. The van der Waals surface area contributed by atoms with Gasteiger partial charge in [0.2, 0.25) is 0 Å². The topological polar surface area (TPSA) is 3.24 Å².